The second kappa shape index (κ2) is 14.9. The summed E-state index contributed by atoms with van der Waals surface area (Å²) in [4.78, 5) is 32.9. The number of hydrogen-bond donors (Lipinski definition) is 3. The van der Waals surface area contributed by atoms with E-state index in [1.807, 2.05) is 6.92 Å². The van der Waals surface area contributed by atoms with E-state index in [0.29, 0.717) is 16.5 Å². The van der Waals surface area contributed by atoms with Gasteiger partial charge in [-0.2, -0.15) is 0 Å². The molecule has 0 saturated carbocycles. The Labute approximate surface area is 142 Å². The fraction of sp³-hybridized carbons (Fsp3) is 0.333. The molecule has 0 atom stereocenters. The van der Waals surface area contributed by atoms with Crippen molar-refractivity contribution in [1.82, 2.24) is 0 Å². The molecule has 0 aromatic heterocycles. The number of carbonyl (C=O) groups is 2. The molecule has 0 bridgehead atoms. The maximum Gasteiger partial charge on any atom is 0.335 e. The first-order valence-electron chi connectivity index (χ1n) is 6.02. The Morgan fingerprint density at radius 1 is 1.52 bits per heavy atom. The van der Waals surface area contributed by atoms with Crippen LogP contribution in [-0.4, -0.2) is 42.4 Å². The highest BCUT2D eigenvalue weighted by atomic mass is 35.5. The van der Waals surface area contributed by atoms with Crippen molar-refractivity contribution in [2.45, 2.75) is 11.8 Å². The number of ether oxygens (including phenoxy) is 1. The molecule has 0 spiro atoms. The molecule has 0 unspecified atom stereocenters. The highest BCUT2D eigenvalue weighted by Crippen LogP contribution is 2.20. The Kier molecular flexibility index (Phi) is 15.0. The van der Waals surface area contributed by atoms with Gasteiger partial charge in [0.2, 0.25) is 6.41 Å². The molecule has 1 rings (SSSR count). The van der Waals surface area contributed by atoms with E-state index in [2.05, 4.69) is 23.2 Å². The van der Waals surface area contributed by atoms with Crippen LogP contribution in [-0.2, 0) is 14.4 Å². The largest absolute Gasteiger partial charge is 0.478 e. The van der Waals surface area contributed by atoms with E-state index in [1.165, 1.54) is 18.2 Å². The average molecular weight is 369 g/mol. The molecule has 0 aliphatic rings. The van der Waals surface area contributed by atoms with E-state index >= 15 is 0 Å². The summed E-state index contributed by atoms with van der Waals surface area (Å²) in [5.74, 6) is -0.975. The minimum absolute atomic E-state index is 0.0147. The third-order valence-corrected chi connectivity index (χ3v) is 2.65. The van der Waals surface area contributed by atoms with Crippen molar-refractivity contribution in [1.29, 1.82) is 0 Å². The number of carboxylic acids is 1. The van der Waals surface area contributed by atoms with Gasteiger partial charge in [0.05, 0.1) is 17.2 Å². The fourth-order valence-corrected chi connectivity index (χ4v) is 1.29. The lowest BCUT2D eigenvalue weighted by Gasteiger charge is -1.97. The first-order valence-corrected chi connectivity index (χ1v) is 6.84. The summed E-state index contributed by atoms with van der Waals surface area (Å²) >= 11 is 9.58. The number of rotatable bonds is 6. The Hall–Kier alpha value is -2.04. The average Bonchev–Trinajstić information content (AvgIpc) is 2.47. The lowest BCUT2D eigenvalue weighted by molar-refractivity contribution is -0.758. The second-order valence-corrected chi connectivity index (χ2v) is 4.25. The summed E-state index contributed by atoms with van der Waals surface area (Å²) in [5.41, 5.74) is 4.36. The number of aromatic carboxylic acids is 1. The lowest BCUT2D eigenvalue weighted by Crippen LogP contribution is -2.08. The fourth-order valence-electron chi connectivity index (χ4n) is 0.961. The monoisotopic (exact) mass is 368 g/mol. The third-order valence-electron chi connectivity index (χ3n) is 1.82. The number of nitrogens with zero attached hydrogens (tertiary/aromatic N) is 1. The zero-order chi connectivity index (χ0) is 18.3. The molecular formula is C12H17ClN2O7S. The summed E-state index contributed by atoms with van der Waals surface area (Å²) in [5, 5.41) is 17.6. The van der Waals surface area contributed by atoms with Crippen molar-refractivity contribution in [2.75, 3.05) is 19.8 Å². The molecule has 1 amide bonds. The molecule has 0 saturated heterocycles. The predicted molar refractivity (Wildman–Crippen MR) is 85.4 cm³/mol. The van der Waals surface area contributed by atoms with E-state index in [-0.39, 0.29) is 25.2 Å². The molecule has 1 aromatic carbocycles. The molecule has 11 heteroatoms. The van der Waals surface area contributed by atoms with Crippen LogP contribution in [0.25, 0.3) is 0 Å². The zero-order valence-electron chi connectivity index (χ0n) is 12.2. The molecule has 1 aromatic rings. The van der Waals surface area contributed by atoms with Crippen molar-refractivity contribution in [3.63, 3.8) is 0 Å². The van der Waals surface area contributed by atoms with Crippen LogP contribution in [0, 0.1) is 10.1 Å². The van der Waals surface area contributed by atoms with Crippen LogP contribution in [0.2, 0.25) is 5.02 Å². The number of carboxylic acid groups (broad SMARTS) is 1. The van der Waals surface area contributed by atoms with Crippen molar-refractivity contribution >= 4 is 36.6 Å². The molecule has 0 aliphatic carbocycles. The van der Waals surface area contributed by atoms with Gasteiger partial charge in [-0.1, -0.05) is 11.6 Å². The van der Waals surface area contributed by atoms with E-state index in [4.69, 9.17) is 26.2 Å². The van der Waals surface area contributed by atoms with Gasteiger partial charge in [0, 0.05) is 11.5 Å². The summed E-state index contributed by atoms with van der Waals surface area (Å²) in [6, 6.07) is 4.35. The highest BCUT2D eigenvalue weighted by molar-refractivity contribution is 7.80. The molecule has 0 aliphatic heterocycles. The number of primary amides is 1. The van der Waals surface area contributed by atoms with E-state index in [0.717, 1.165) is 0 Å². The van der Waals surface area contributed by atoms with Gasteiger partial charge >= 0.3 is 5.97 Å². The molecule has 0 radical (unpaired) electrons. The first-order chi connectivity index (χ1) is 10.8. The summed E-state index contributed by atoms with van der Waals surface area (Å²) in [6.07, 6.45) is 0.250. The topological polar surface area (TPSA) is 142 Å². The minimum atomic E-state index is -0.975. The number of benzene rings is 1. The Balaban J connectivity index is 0. The molecule has 23 heavy (non-hydrogen) atoms. The van der Waals surface area contributed by atoms with Crippen LogP contribution in [0.4, 0.5) is 0 Å². The number of halogens is 1. The standard InChI is InChI=1S/C7H5ClO2S.C4H9NO4.CH3NO/c8-5-2-1-4(7(9)10)3-6(5)11;1-2-8-3-4-9-5(6)7;2-1-3/h1-3,11H,(H,9,10);2-4H2,1H3;1H,(H2,2,3). The molecule has 3 N–H and O–H groups in total. The van der Waals surface area contributed by atoms with Gasteiger partial charge in [0.1, 0.15) is 6.61 Å². The van der Waals surface area contributed by atoms with Crippen molar-refractivity contribution < 1.29 is 29.4 Å². The first kappa shape index (κ1) is 23.2. The van der Waals surface area contributed by atoms with E-state index in [9.17, 15) is 14.9 Å². The predicted octanol–water partition coefficient (Wildman–Crippen LogP) is 1.66. The smallest absolute Gasteiger partial charge is 0.335 e. The molecule has 0 heterocycles. The van der Waals surface area contributed by atoms with Crippen molar-refractivity contribution in [3.05, 3.63) is 38.9 Å². The van der Waals surface area contributed by atoms with Crippen LogP contribution in [0.5, 0.6) is 0 Å². The van der Waals surface area contributed by atoms with Gasteiger partial charge in [-0.25, -0.2) is 4.79 Å². The lowest BCUT2D eigenvalue weighted by atomic mass is 10.2. The van der Waals surface area contributed by atoms with Gasteiger partial charge in [-0.3, -0.25) is 4.79 Å². The number of carbonyl (C=O) groups excluding carboxylic acids is 1. The number of hydrogen-bond acceptors (Lipinski definition) is 7. The Morgan fingerprint density at radius 3 is 2.48 bits per heavy atom. The van der Waals surface area contributed by atoms with Crippen molar-refractivity contribution in [3.8, 4) is 0 Å². The molecule has 0 fully saturated rings. The van der Waals surface area contributed by atoms with E-state index in [1.54, 1.807) is 0 Å². The minimum Gasteiger partial charge on any atom is -0.478 e. The van der Waals surface area contributed by atoms with Crippen LogP contribution in [0.1, 0.15) is 17.3 Å². The zero-order valence-corrected chi connectivity index (χ0v) is 13.8. The van der Waals surface area contributed by atoms with Crippen LogP contribution in [0.3, 0.4) is 0 Å². The number of nitrogens with two attached hydrogens (primary N) is 1. The molecule has 9 nitrogen and oxygen atoms in total. The number of amides is 1. The maximum atomic E-state index is 10.4. The van der Waals surface area contributed by atoms with Gasteiger partial charge in [-0.15, -0.1) is 22.7 Å². The molecular weight excluding hydrogens is 352 g/mol. The normalized spacial score (nSPS) is 8.65. The van der Waals surface area contributed by atoms with E-state index < -0.39 is 11.1 Å². The summed E-state index contributed by atoms with van der Waals surface area (Å²) < 4.78 is 4.75. The van der Waals surface area contributed by atoms with Crippen LogP contribution in [0.15, 0.2) is 23.1 Å². The highest BCUT2D eigenvalue weighted by Gasteiger charge is 2.03. The van der Waals surface area contributed by atoms with Gasteiger partial charge < -0.3 is 20.4 Å². The summed E-state index contributed by atoms with van der Waals surface area (Å²) in [6.45, 7) is 2.66. The van der Waals surface area contributed by atoms with Crippen LogP contribution < -0.4 is 5.73 Å². The Morgan fingerprint density at radius 2 is 2.09 bits per heavy atom. The van der Waals surface area contributed by atoms with Crippen LogP contribution >= 0.6 is 24.2 Å². The maximum absolute atomic E-state index is 10.4. The SMILES string of the molecule is CCOCCO[N+](=O)[O-].NC=O.O=C(O)c1ccc(Cl)c(S)c1. The summed E-state index contributed by atoms with van der Waals surface area (Å²) in [7, 11) is 0. The Bertz CT molecular complexity index is 502. The quantitative estimate of drug-likeness (QED) is 0.228. The number of thiol groups is 1. The van der Waals surface area contributed by atoms with Crippen molar-refractivity contribution in [2.24, 2.45) is 5.73 Å². The third kappa shape index (κ3) is 14.7. The molecule has 130 valence electrons. The van der Waals surface area contributed by atoms with Gasteiger partial charge in [-0.05, 0) is 25.1 Å². The van der Waals surface area contributed by atoms with Gasteiger partial charge in [0.25, 0.3) is 5.09 Å². The second-order valence-electron chi connectivity index (χ2n) is 3.36. The van der Waals surface area contributed by atoms with Gasteiger partial charge in [0.15, 0.2) is 0 Å².